The maximum absolute atomic E-state index is 14.1. The number of ketones is 1. The number of carbonyl (C=O) groups is 3. The molecule has 0 radical (unpaired) electrons. The number of carbonyl (C=O) groups excluding carboxylic acids is 3. The molecule has 0 aliphatic rings. The van der Waals surface area contributed by atoms with E-state index < -0.39 is 11.7 Å². The average Bonchev–Trinajstić information content (AvgIpc) is 2.70. The van der Waals surface area contributed by atoms with Crippen molar-refractivity contribution >= 4 is 29.0 Å². The number of hydrogen-bond acceptors (Lipinski definition) is 3. The Balaban J connectivity index is 1.90. The fourth-order valence-electron chi connectivity index (χ4n) is 2.72. The van der Waals surface area contributed by atoms with Gasteiger partial charge in [0.1, 0.15) is 5.82 Å². The van der Waals surface area contributed by atoms with Gasteiger partial charge in [0.05, 0.1) is 11.3 Å². The van der Waals surface area contributed by atoms with Gasteiger partial charge in [-0.2, -0.15) is 0 Å². The molecule has 0 saturated heterocycles. The van der Waals surface area contributed by atoms with E-state index in [0.717, 1.165) is 6.07 Å². The molecule has 0 aromatic heterocycles. The van der Waals surface area contributed by atoms with Gasteiger partial charge in [0.25, 0.3) is 5.91 Å². The first-order valence-corrected chi connectivity index (χ1v) is 8.53. The standard InChI is InChI=1S/C22H17FN2O3/c1-14(26)24-16-11-12-19(23)20(13-16)25-22(28)18-10-6-5-9-17(18)21(27)15-7-3-2-4-8-15/h2-13H,1H3,(H,24,26)(H,25,28). The molecule has 2 N–H and O–H groups in total. The Labute approximate surface area is 161 Å². The molecule has 3 aromatic carbocycles. The molecule has 0 heterocycles. The Bertz CT molecular complexity index is 1050. The van der Waals surface area contributed by atoms with Crippen LogP contribution in [0.25, 0.3) is 0 Å². The summed E-state index contributed by atoms with van der Waals surface area (Å²) in [6.07, 6.45) is 0. The van der Waals surface area contributed by atoms with Crippen molar-refractivity contribution in [2.45, 2.75) is 6.92 Å². The molecular weight excluding hydrogens is 359 g/mol. The fraction of sp³-hybridized carbons (Fsp3) is 0.0455. The van der Waals surface area contributed by atoms with Crippen LogP contribution in [0.1, 0.15) is 33.2 Å². The molecule has 2 amide bonds. The quantitative estimate of drug-likeness (QED) is 0.653. The summed E-state index contributed by atoms with van der Waals surface area (Å²) in [7, 11) is 0. The van der Waals surface area contributed by atoms with Crippen LogP contribution in [0.2, 0.25) is 0 Å². The second kappa shape index (κ2) is 8.26. The van der Waals surface area contributed by atoms with Gasteiger partial charge in [-0.25, -0.2) is 4.39 Å². The third-order valence-corrected chi connectivity index (χ3v) is 3.99. The average molecular weight is 376 g/mol. The molecule has 6 heteroatoms. The van der Waals surface area contributed by atoms with Crippen molar-refractivity contribution in [1.29, 1.82) is 0 Å². The highest BCUT2D eigenvalue weighted by Crippen LogP contribution is 2.22. The normalized spacial score (nSPS) is 10.2. The SMILES string of the molecule is CC(=O)Nc1ccc(F)c(NC(=O)c2ccccc2C(=O)c2ccccc2)c1. The maximum atomic E-state index is 14.1. The monoisotopic (exact) mass is 376 g/mol. The lowest BCUT2D eigenvalue weighted by molar-refractivity contribution is -0.114. The van der Waals surface area contributed by atoms with Crippen molar-refractivity contribution in [3.05, 3.63) is 95.3 Å². The van der Waals surface area contributed by atoms with Crippen LogP contribution in [0, 0.1) is 5.82 Å². The van der Waals surface area contributed by atoms with Crippen molar-refractivity contribution < 1.29 is 18.8 Å². The van der Waals surface area contributed by atoms with Crippen LogP contribution in [-0.4, -0.2) is 17.6 Å². The molecule has 140 valence electrons. The molecular formula is C22H17FN2O3. The van der Waals surface area contributed by atoms with Crippen LogP contribution in [0.3, 0.4) is 0 Å². The van der Waals surface area contributed by atoms with E-state index >= 15 is 0 Å². The third kappa shape index (κ3) is 4.29. The van der Waals surface area contributed by atoms with Crippen molar-refractivity contribution in [1.82, 2.24) is 0 Å². The van der Waals surface area contributed by atoms with Gasteiger partial charge < -0.3 is 10.6 Å². The second-order valence-electron chi connectivity index (χ2n) is 6.07. The van der Waals surface area contributed by atoms with Crippen LogP contribution < -0.4 is 10.6 Å². The van der Waals surface area contributed by atoms with Crippen molar-refractivity contribution in [3.63, 3.8) is 0 Å². The highest BCUT2D eigenvalue weighted by Gasteiger charge is 2.19. The Kier molecular flexibility index (Phi) is 5.60. The summed E-state index contributed by atoms with van der Waals surface area (Å²) in [5, 5.41) is 4.99. The Morgan fingerprint density at radius 1 is 0.786 bits per heavy atom. The number of amides is 2. The topological polar surface area (TPSA) is 75.3 Å². The first-order chi connectivity index (χ1) is 13.5. The number of halogens is 1. The van der Waals surface area contributed by atoms with Crippen LogP contribution in [0.5, 0.6) is 0 Å². The molecule has 28 heavy (non-hydrogen) atoms. The largest absolute Gasteiger partial charge is 0.326 e. The van der Waals surface area contributed by atoms with Gasteiger partial charge in [0.15, 0.2) is 5.78 Å². The summed E-state index contributed by atoms with van der Waals surface area (Å²) in [5.74, 6) is -1.91. The van der Waals surface area contributed by atoms with Crippen molar-refractivity contribution in [2.75, 3.05) is 10.6 Å². The van der Waals surface area contributed by atoms with E-state index in [1.54, 1.807) is 48.5 Å². The van der Waals surface area contributed by atoms with E-state index in [2.05, 4.69) is 10.6 Å². The zero-order valence-corrected chi connectivity index (χ0v) is 15.0. The van der Waals surface area contributed by atoms with Crippen LogP contribution in [0.15, 0.2) is 72.8 Å². The zero-order valence-electron chi connectivity index (χ0n) is 15.0. The first kappa shape index (κ1) is 19.0. The Morgan fingerprint density at radius 3 is 2.11 bits per heavy atom. The molecule has 0 atom stereocenters. The second-order valence-corrected chi connectivity index (χ2v) is 6.07. The minimum atomic E-state index is -0.658. The highest BCUT2D eigenvalue weighted by molar-refractivity contribution is 6.17. The third-order valence-electron chi connectivity index (χ3n) is 3.99. The summed E-state index contributed by atoms with van der Waals surface area (Å²) >= 11 is 0. The zero-order chi connectivity index (χ0) is 20.1. The molecule has 0 aliphatic carbocycles. The summed E-state index contributed by atoms with van der Waals surface area (Å²) in [6.45, 7) is 1.33. The molecule has 0 fully saturated rings. The van der Waals surface area contributed by atoms with Gasteiger partial charge in [-0.05, 0) is 24.3 Å². The lowest BCUT2D eigenvalue weighted by atomic mass is 9.98. The molecule has 0 bridgehead atoms. The minimum absolute atomic E-state index is 0.0989. The van der Waals surface area contributed by atoms with Gasteiger partial charge in [-0.15, -0.1) is 0 Å². The molecule has 3 rings (SSSR count). The Morgan fingerprint density at radius 2 is 1.43 bits per heavy atom. The fourth-order valence-corrected chi connectivity index (χ4v) is 2.72. The molecule has 5 nitrogen and oxygen atoms in total. The van der Waals surface area contributed by atoms with Gasteiger partial charge >= 0.3 is 0 Å². The van der Waals surface area contributed by atoms with E-state index in [0.29, 0.717) is 11.3 Å². The molecule has 0 aliphatic heterocycles. The molecule has 0 unspecified atom stereocenters. The summed E-state index contributed by atoms with van der Waals surface area (Å²) < 4.78 is 14.1. The Hall–Kier alpha value is -3.80. The van der Waals surface area contributed by atoms with Gasteiger partial charge in [0.2, 0.25) is 5.91 Å². The van der Waals surface area contributed by atoms with E-state index in [1.165, 1.54) is 25.1 Å². The predicted octanol–water partition coefficient (Wildman–Crippen LogP) is 4.27. The van der Waals surface area contributed by atoms with Crippen molar-refractivity contribution in [3.8, 4) is 0 Å². The molecule has 0 saturated carbocycles. The number of rotatable bonds is 5. The number of hydrogen-bond donors (Lipinski definition) is 2. The molecule has 3 aromatic rings. The first-order valence-electron chi connectivity index (χ1n) is 8.53. The van der Waals surface area contributed by atoms with Gasteiger partial charge in [-0.1, -0.05) is 48.5 Å². The summed E-state index contributed by atoms with van der Waals surface area (Å²) in [5.41, 5.74) is 1.03. The smallest absolute Gasteiger partial charge is 0.256 e. The van der Waals surface area contributed by atoms with Gasteiger partial charge in [-0.3, -0.25) is 14.4 Å². The number of benzene rings is 3. The summed E-state index contributed by atoms with van der Waals surface area (Å²) in [4.78, 5) is 36.7. The number of nitrogens with one attached hydrogen (secondary N) is 2. The van der Waals surface area contributed by atoms with E-state index in [1.807, 2.05) is 0 Å². The van der Waals surface area contributed by atoms with E-state index in [4.69, 9.17) is 0 Å². The predicted molar refractivity (Wildman–Crippen MR) is 105 cm³/mol. The molecule has 0 spiro atoms. The minimum Gasteiger partial charge on any atom is -0.326 e. The van der Waals surface area contributed by atoms with E-state index in [9.17, 15) is 18.8 Å². The van der Waals surface area contributed by atoms with E-state index in [-0.39, 0.29) is 28.5 Å². The van der Waals surface area contributed by atoms with Crippen molar-refractivity contribution in [2.24, 2.45) is 0 Å². The summed E-state index contributed by atoms with van der Waals surface area (Å²) in [6, 6.07) is 18.8. The maximum Gasteiger partial charge on any atom is 0.256 e. The lowest BCUT2D eigenvalue weighted by Gasteiger charge is -2.12. The lowest BCUT2D eigenvalue weighted by Crippen LogP contribution is -2.18. The highest BCUT2D eigenvalue weighted by atomic mass is 19.1. The van der Waals surface area contributed by atoms with Crippen LogP contribution >= 0.6 is 0 Å². The van der Waals surface area contributed by atoms with Crippen LogP contribution in [0.4, 0.5) is 15.8 Å². The van der Waals surface area contributed by atoms with Crippen LogP contribution in [-0.2, 0) is 4.79 Å². The number of anilines is 2. The van der Waals surface area contributed by atoms with Gasteiger partial charge in [0, 0.05) is 23.7 Å².